The van der Waals surface area contributed by atoms with Crippen LogP contribution < -0.4 is 14.8 Å². The van der Waals surface area contributed by atoms with Gasteiger partial charge in [0.25, 0.3) is 0 Å². The Balaban J connectivity index is 1.66. The van der Waals surface area contributed by atoms with Crippen LogP contribution in [0.15, 0.2) is 59.9 Å². The summed E-state index contributed by atoms with van der Waals surface area (Å²) in [6.45, 7) is 0. The minimum absolute atomic E-state index is 0.143. The van der Waals surface area contributed by atoms with Gasteiger partial charge >= 0.3 is 0 Å². The Labute approximate surface area is 162 Å². The Morgan fingerprint density at radius 2 is 1.93 bits per heavy atom. The largest absolute Gasteiger partial charge is 0.497 e. The van der Waals surface area contributed by atoms with E-state index < -0.39 is 0 Å². The first-order valence-corrected chi connectivity index (χ1v) is 9.32. The second-order valence-electron chi connectivity index (χ2n) is 5.75. The molecule has 0 fully saturated rings. The van der Waals surface area contributed by atoms with E-state index in [0.29, 0.717) is 17.2 Å². The lowest BCUT2D eigenvalue weighted by molar-refractivity contribution is -0.113. The number of nitrogens with one attached hydrogen (secondary N) is 1. The van der Waals surface area contributed by atoms with Crippen LogP contribution >= 0.6 is 11.8 Å². The number of hydrogen-bond donors (Lipinski definition) is 1. The van der Waals surface area contributed by atoms with Gasteiger partial charge in [0.1, 0.15) is 11.5 Å². The topological polar surface area (TPSA) is 65.4 Å². The molecule has 3 rings (SSSR count). The third kappa shape index (κ3) is 4.43. The quantitative estimate of drug-likeness (QED) is 0.628. The molecule has 6 nitrogen and oxygen atoms in total. The molecule has 2 aromatic carbocycles. The van der Waals surface area contributed by atoms with Crippen LogP contribution in [-0.2, 0) is 11.8 Å². The highest BCUT2D eigenvalue weighted by molar-refractivity contribution is 7.99. The second kappa shape index (κ2) is 8.64. The minimum Gasteiger partial charge on any atom is -0.497 e. The van der Waals surface area contributed by atoms with Gasteiger partial charge in [-0.15, -0.1) is 0 Å². The van der Waals surface area contributed by atoms with Crippen LogP contribution in [0.4, 0.5) is 5.69 Å². The third-order valence-corrected chi connectivity index (χ3v) is 5.07. The predicted molar refractivity (Wildman–Crippen MR) is 108 cm³/mol. The number of thioether (sulfide) groups is 1. The number of amides is 1. The van der Waals surface area contributed by atoms with Crippen molar-refractivity contribution < 1.29 is 14.3 Å². The maximum Gasteiger partial charge on any atom is 0.234 e. The van der Waals surface area contributed by atoms with Crippen LogP contribution in [0, 0.1) is 0 Å². The molecule has 1 heterocycles. The molecule has 0 aliphatic heterocycles. The van der Waals surface area contributed by atoms with Gasteiger partial charge in [0.15, 0.2) is 5.16 Å². The molecule has 0 aliphatic carbocycles. The number of methoxy groups -OCH3 is 2. The minimum atomic E-state index is -0.143. The van der Waals surface area contributed by atoms with Crippen molar-refractivity contribution in [1.29, 1.82) is 0 Å². The van der Waals surface area contributed by atoms with E-state index in [1.54, 1.807) is 32.4 Å². The predicted octanol–water partition coefficient (Wildman–Crippen LogP) is 3.84. The third-order valence-electron chi connectivity index (χ3n) is 4.03. The summed E-state index contributed by atoms with van der Waals surface area (Å²) < 4.78 is 12.5. The number of rotatable bonds is 7. The lowest BCUT2D eigenvalue weighted by Crippen LogP contribution is -2.15. The van der Waals surface area contributed by atoms with Gasteiger partial charge in [-0.3, -0.25) is 4.79 Å². The fourth-order valence-electron chi connectivity index (χ4n) is 2.63. The number of benzene rings is 2. The van der Waals surface area contributed by atoms with Gasteiger partial charge in [-0.05, 0) is 17.7 Å². The first-order valence-electron chi connectivity index (χ1n) is 8.34. The molecule has 1 aromatic heterocycles. The van der Waals surface area contributed by atoms with Crippen molar-refractivity contribution >= 4 is 23.4 Å². The van der Waals surface area contributed by atoms with Crippen molar-refractivity contribution in [2.24, 2.45) is 7.05 Å². The van der Waals surface area contributed by atoms with E-state index >= 15 is 0 Å². The van der Waals surface area contributed by atoms with Gasteiger partial charge in [-0.1, -0.05) is 42.1 Å². The Hall–Kier alpha value is -2.93. The number of carbonyl (C=O) groups excluding carboxylic acids is 1. The molecule has 0 atom stereocenters. The van der Waals surface area contributed by atoms with Crippen LogP contribution in [0.25, 0.3) is 11.3 Å². The molecule has 7 heteroatoms. The van der Waals surface area contributed by atoms with Gasteiger partial charge in [-0.25, -0.2) is 4.98 Å². The highest BCUT2D eigenvalue weighted by Gasteiger charge is 2.13. The average Bonchev–Trinajstić information content (AvgIpc) is 3.07. The molecule has 27 heavy (non-hydrogen) atoms. The number of nitrogens with zero attached hydrogens (tertiary/aromatic N) is 2. The number of aromatic nitrogens is 2. The molecule has 3 aromatic rings. The number of carbonyl (C=O) groups is 1. The molecule has 0 unspecified atom stereocenters. The Morgan fingerprint density at radius 3 is 2.63 bits per heavy atom. The zero-order chi connectivity index (χ0) is 19.2. The summed E-state index contributed by atoms with van der Waals surface area (Å²) in [4.78, 5) is 16.8. The van der Waals surface area contributed by atoms with Crippen molar-refractivity contribution in [1.82, 2.24) is 9.55 Å². The van der Waals surface area contributed by atoms with E-state index in [0.717, 1.165) is 16.4 Å². The average molecular weight is 383 g/mol. The first kappa shape index (κ1) is 18.8. The van der Waals surface area contributed by atoms with Crippen molar-refractivity contribution in [2.75, 3.05) is 25.3 Å². The zero-order valence-corrected chi connectivity index (χ0v) is 16.2. The molecule has 0 spiro atoms. The molecule has 0 aliphatic rings. The van der Waals surface area contributed by atoms with E-state index in [-0.39, 0.29) is 11.7 Å². The van der Waals surface area contributed by atoms with E-state index in [2.05, 4.69) is 10.3 Å². The monoisotopic (exact) mass is 383 g/mol. The fourth-order valence-corrected chi connectivity index (χ4v) is 3.38. The van der Waals surface area contributed by atoms with Crippen molar-refractivity contribution in [2.45, 2.75) is 5.16 Å². The van der Waals surface area contributed by atoms with Gasteiger partial charge in [0.05, 0.1) is 37.6 Å². The number of imidazole rings is 1. The second-order valence-corrected chi connectivity index (χ2v) is 6.70. The normalized spacial score (nSPS) is 10.5. The van der Waals surface area contributed by atoms with Crippen LogP contribution in [-0.4, -0.2) is 35.4 Å². The summed E-state index contributed by atoms with van der Waals surface area (Å²) in [5.74, 6) is 1.32. The maximum absolute atomic E-state index is 12.4. The highest BCUT2D eigenvalue weighted by Crippen LogP contribution is 2.29. The van der Waals surface area contributed by atoms with E-state index in [4.69, 9.17) is 9.47 Å². The van der Waals surface area contributed by atoms with Crippen molar-refractivity contribution in [3.63, 3.8) is 0 Å². The summed E-state index contributed by atoms with van der Waals surface area (Å²) in [7, 11) is 5.08. The summed E-state index contributed by atoms with van der Waals surface area (Å²) in [6, 6.07) is 15.3. The van der Waals surface area contributed by atoms with Crippen LogP contribution in [0.5, 0.6) is 11.5 Å². The molecular weight excluding hydrogens is 362 g/mol. The molecule has 0 bridgehead atoms. The lowest BCUT2D eigenvalue weighted by Gasteiger charge is -2.11. The first-order chi connectivity index (χ1) is 13.1. The van der Waals surface area contributed by atoms with Crippen LogP contribution in [0.3, 0.4) is 0 Å². The molecule has 0 saturated heterocycles. The smallest absolute Gasteiger partial charge is 0.234 e. The molecule has 0 saturated carbocycles. The van der Waals surface area contributed by atoms with Crippen molar-refractivity contribution in [3.05, 3.63) is 54.7 Å². The summed E-state index contributed by atoms with van der Waals surface area (Å²) in [6.07, 6.45) is 1.82. The fraction of sp³-hybridized carbons (Fsp3) is 0.200. The molecular formula is C20H21N3O3S. The molecule has 1 amide bonds. The van der Waals surface area contributed by atoms with Gasteiger partial charge in [0.2, 0.25) is 5.91 Å². The van der Waals surface area contributed by atoms with Gasteiger partial charge < -0.3 is 19.4 Å². The number of hydrogen-bond acceptors (Lipinski definition) is 5. The zero-order valence-electron chi connectivity index (χ0n) is 15.4. The summed E-state index contributed by atoms with van der Waals surface area (Å²) in [5, 5.41) is 3.64. The summed E-state index contributed by atoms with van der Waals surface area (Å²) >= 11 is 1.38. The molecule has 140 valence electrons. The lowest BCUT2D eigenvalue weighted by atomic mass is 10.2. The Kier molecular flexibility index (Phi) is 6.03. The summed E-state index contributed by atoms with van der Waals surface area (Å²) in [5.41, 5.74) is 2.67. The Bertz CT molecular complexity index is 925. The number of anilines is 1. The van der Waals surface area contributed by atoms with Crippen LogP contribution in [0.1, 0.15) is 0 Å². The van der Waals surface area contributed by atoms with Gasteiger partial charge in [-0.2, -0.15) is 0 Å². The van der Waals surface area contributed by atoms with Gasteiger partial charge in [0, 0.05) is 13.1 Å². The maximum atomic E-state index is 12.4. The standard InChI is InChI=1S/C20H21N3O3S/c1-23-17(14-7-5-4-6-8-14)12-21-20(23)27-13-19(24)22-16-11-15(25-2)9-10-18(16)26-3/h4-12H,13H2,1-3H3,(H,22,24). The SMILES string of the molecule is COc1ccc(OC)c(NC(=O)CSc2ncc(-c3ccccc3)n2C)c1. The Morgan fingerprint density at radius 1 is 1.15 bits per heavy atom. The van der Waals surface area contributed by atoms with Crippen molar-refractivity contribution in [3.8, 4) is 22.8 Å². The van der Waals surface area contributed by atoms with E-state index in [1.165, 1.54) is 11.8 Å². The number of ether oxygens (including phenoxy) is 2. The van der Waals surface area contributed by atoms with E-state index in [1.807, 2.05) is 48.1 Å². The van der Waals surface area contributed by atoms with E-state index in [9.17, 15) is 4.79 Å². The molecule has 0 radical (unpaired) electrons. The van der Waals surface area contributed by atoms with Crippen LogP contribution in [0.2, 0.25) is 0 Å². The molecule has 1 N–H and O–H groups in total. The highest BCUT2D eigenvalue weighted by atomic mass is 32.2.